The van der Waals surface area contributed by atoms with E-state index < -0.39 is 17.7 Å². The number of carbonyl (C=O) groups excluding carboxylic acids is 2. The highest BCUT2D eigenvalue weighted by atomic mass is 79.9. The summed E-state index contributed by atoms with van der Waals surface area (Å²) < 4.78 is 17.4. The first kappa shape index (κ1) is 20.4. The maximum absolute atomic E-state index is 13.1. The average Bonchev–Trinajstić information content (AvgIpc) is 3.41. The molecule has 1 saturated heterocycles. The first-order valence-corrected chi connectivity index (χ1v) is 10.8. The molecule has 162 valence electrons. The Labute approximate surface area is 192 Å². The zero-order chi connectivity index (χ0) is 22.2. The quantitative estimate of drug-likeness (QED) is 0.327. The molecule has 3 aromatic rings. The molecule has 2 aromatic carbocycles. The first-order valence-electron chi connectivity index (χ1n) is 9.99. The van der Waals surface area contributed by atoms with Gasteiger partial charge >= 0.3 is 0 Å². The number of carbonyl (C=O) groups is 2. The molecule has 0 saturated carbocycles. The van der Waals surface area contributed by atoms with Crippen molar-refractivity contribution in [2.75, 3.05) is 13.2 Å². The number of ketones is 1. The predicted octanol–water partition coefficient (Wildman–Crippen LogP) is 4.44. The molecule has 0 bridgehead atoms. The maximum atomic E-state index is 13.1. The largest absolute Gasteiger partial charge is 0.507 e. The summed E-state index contributed by atoms with van der Waals surface area (Å²) >= 11 is 3.41. The highest BCUT2D eigenvalue weighted by Crippen LogP contribution is 2.42. The number of nitrogens with zero attached hydrogens (tertiary/aromatic N) is 1. The molecule has 0 radical (unpaired) electrons. The van der Waals surface area contributed by atoms with Gasteiger partial charge in [0.15, 0.2) is 11.5 Å². The second-order valence-corrected chi connectivity index (χ2v) is 8.33. The maximum Gasteiger partial charge on any atom is 0.296 e. The summed E-state index contributed by atoms with van der Waals surface area (Å²) in [5.74, 6) is -0.144. The van der Waals surface area contributed by atoms with Crippen molar-refractivity contribution in [2.45, 2.75) is 12.6 Å². The summed E-state index contributed by atoms with van der Waals surface area (Å²) in [7, 11) is 0. The van der Waals surface area contributed by atoms with E-state index in [9.17, 15) is 14.7 Å². The molecule has 1 unspecified atom stereocenters. The van der Waals surface area contributed by atoms with Crippen LogP contribution in [0.2, 0.25) is 0 Å². The van der Waals surface area contributed by atoms with E-state index in [4.69, 9.17) is 13.9 Å². The summed E-state index contributed by atoms with van der Waals surface area (Å²) in [6, 6.07) is 14.9. The lowest BCUT2D eigenvalue weighted by Gasteiger charge is -2.24. The number of aliphatic hydroxyl groups is 1. The average molecular weight is 496 g/mol. The third-order valence-electron chi connectivity index (χ3n) is 5.45. The van der Waals surface area contributed by atoms with Crippen molar-refractivity contribution in [3.8, 4) is 11.5 Å². The lowest BCUT2D eigenvalue weighted by atomic mass is 9.95. The Morgan fingerprint density at radius 3 is 2.50 bits per heavy atom. The molecule has 2 aliphatic rings. The van der Waals surface area contributed by atoms with Gasteiger partial charge in [-0.2, -0.15) is 0 Å². The van der Waals surface area contributed by atoms with E-state index in [1.54, 1.807) is 30.3 Å². The summed E-state index contributed by atoms with van der Waals surface area (Å²) in [4.78, 5) is 27.5. The fourth-order valence-corrected chi connectivity index (χ4v) is 4.22. The molecular weight excluding hydrogens is 478 g/mol. The molecule has 5 rings (SSSR count). The van der Waals surface area contributed by atoms with Crippen LogP contribution in [-0.2, 0) is 16.1 Å². The molecule has 1 atom stereocenters. The van der Waals surface area contributed by atoms with Gasteiger partial charge in [0, 0.05) is 10.0 Å². The van der Waals surface area contributed by atoms with Crippen molar-refractivity contribution in [3.05, 3.63) is 87.8 Å². The minimum atomic E-state index is -0.776. The monoisotopic (exact) mass is 495 g/mol. The number of furan rings is 1. The lowest BCUT2D eigenvalue weighted by molar-refractivity contribution is -0.140. The molecular formula is C24H18BrNO6. The number of likely N-dealkylation sites (tertiary alicyclic amines) is 1. The fourth-order valence-electron chi connectivity index (χ4n) is 3.95. The number of halogens is 1. The molecule has 8 heteroatoms. The number of aliphatic hydroxyl groups excluding tert-OH is 1. The van der Waals surface area contributed by atoms with Gasteiger partial charge in [-0.25, -0.2) is 0 Å². The standard InChI is InChI=1S/C24H18BrNO6/c25-16-6-3-14(4-7-16)21-20(23(28)24(29)26(21)13-17-2-1-9-30-17)22(27)15-5-8-18-19(12-15)32-11-10-31-18/h1-9,12,21,27H,10-11,13H2. The number of benzene rings is 2. The molecule has 1 aromatic heterocycles. The molecule has 3 heterocycles. The summed E-state index contributed by atoms with van der Waals surface area (Å²) in [6.45, 7) is 0.930. The van der Waals surface area contributed by atoms with Crippen molar-refractivity contribution < 1.29 is 28.6 Å². The van der Waals surface area contributed by atoms with Gasteiger partial charge in [0.1, 0.15) is 24.7 Å². The van der Waals surface area contributed by atoms with Crippen molar-refractivity contribution in [1.29, 1.82) is 0 Å². The second-order valence-electron chi connectivity index (χ2n) is 7.42. The van der Waals surface area contributed by atoms with Gasteiger partial charge in [-0.1, -0.05) is 28.1 Å². The number of rotatable bonds is 4. The Balaban J connectivity index is 1.63. The topological polar surface area (TPSA) is 89.2 Å². The van der Waals surface area contributed by atoms with Crippen LogP contribution in [-0.4, -0.2) is 34.9 Å². The number of hydrogen-bond donors (Lipinski definition) is 1. The number of fused-ring (bicyclic) bond motifs is 1. The van der Waals surface area contributed by atoms with Crippen LogP contribution >= 0.6 is 15.9 Å². The molecule has 0 aliphatic carbocycles. The number of ether oxygens (including phenoxy) is 2. The number of Topliss-reactive ketones (excluding diaryl/α,β-unsaturated/α-hetero) is 1. The fraction of sp³-hybridized carbons (Fsp3) is 0.167. The molecule has 1 fully saturated rings. The minimum Gasteiger partial charge on any atom is -0.507 e. The number of amides is 1. The second kappa shape index (κ2) is 8.20. The van der Waals surface area contributed by atoms with Gasteiger partial charge in [0.25, 0.3) is 11.7 Å². The van der Waals surface area contributed by atoms with Gasteiger partial charge in [-0.15, -0.1) is 0 Å². The van der Waals surface area contributed by atoms with E-state index in [2.05, 4.69) is 15.9 Å². The highest BCUT2D eigenvalue weighted by molar-refractivity contribution is 9.10. The molecule has 32 heavy (non-hydrogen) atoms. The van der Waals surface area contributed by atoms with E-state index >= 15 is 0 Å². The van der Waals surface area contributed by atoms with Gasteiger partial charge in [0.2, 0.25) is 0 Å². The van der Waals surface area contributed by atoms with Gasteiger partial charge < -0.3 is 23.9 Å². The predicted molar refractivity (Wildman–Crippen MR) is 118 cm³/mol. The zero-order valence-electron chi connectivity index (χ0n) is 16.8. The van der Waals surface area contributed by atoms with Crippen LogP contribution in [0.25, 0.3) is 5.76 Å². The van der Waals surface area contributed by atoms with Gasteiger partial charge in [-0.05, 0) is 48.0 Å². The Morgan fingerprint density at radius 1 is 1.03 bits per heavy atom. The molecule has 7 nitrogen and oxygen atoms in total. The number of hydrogen-bond acceptors (Lipinski definition) is 6. The van der Waals surface area contributed by atoms with E-state index in [0.29, 0.717) is 41.6 Å². The molecule has 0 spiro atoms. The van der Waals surface area contributed by atoms with Crippen molar-refractivity contribution >= 4 is 33.4 Å². The third-order valence-corrected chi connectivity index (χ3v) is 5.98. The van der Waals surface area contributed by atoms with Gasteiger partial charge in [-0.3, -0.25) is 9.59 Å². The zero-order valence-corrected chi connectivity index (χ0v) is 18.4. The Hall–Kier alpha value is -3.52. The van der Waals surface area contributed by atoms with Crippen LogP contribution in [0.5, 0.6) is 11.5 Å². The highest BCUT2D eigenvalue weighted by Gasteiger charge is 2.46. The van der Waals surface area contributed by atoms with E-state index in [1.807, 2.05) is 24.3 Å². The Kier molecular flexibility index (Phi) is 5.22. The van der Waals surface area contributed by atoms with Crippen LogP contribution in [0, 0.1) is 0 Å². The van der Waals surface area contributed by atoms with Crippen LogP contribution < -0.4 is 9.47 Å². The van der Waals surface area contributed by atoms with E-state index in [1.165, 1.54) is 11.2 Å². The first-order chi connectivity index (χ1) is 15.5. The summed E-state index contributed by atoms with van der Waals surface area (Å²) in [5, 5.41) is 11.2. The smallest absolute Gasteiger partial charge is 0.296 e. The van der Waals surface area contributed by atoms with Crippen LogP contribution in [0.1, 0.15) is 22.9 Å². The SMILES string of the molecule is O=C1C(=O)N(Cc2ccco2)C(c2ccc(Br)cc2)C1=C(O)c1ccc2c(c1)OCCO2. The lowest BCUT2D eigenvalue weighted by Crippen LogP contribution is -2.29. The minimum absolute atomic E-state index is 0.0144. The van der Waals surface area contributed by atoms with Crippen molar-refractivity contribution in [1.82, 2.24) is 4.90 Å². The van der Waals surface area contributed by atoms with Crippen LogP contribution in [0.4, 0.5) is 0 Å². The Morgan fingerprint density at radius 2 is 1.78 bits per heavy atom. The van der Waals surface area contributed by atoms with Crippen LogP contribution in [0.3, 0.4) is 0 Å². The van der Waals surface area contributed by atoms with E-state index in [0.717, 1.165) is 4.47 Å². The third kappa shape index (κ3) is 3.56. The normalized spacial score (nSPS) is 19.4. The van der Waals surface area contributed by atoms with E-state index in [-0.39, 0.29) is 17.9 Å². The Bertz CT molecular complexity index is 1220. The molecule has 1 N–H and O–H groups in total. The molecule has 1 amide bonds. The molecule has 2 aliphatic heterocycles. The van der Waals surface area contributed by atoms with Gasteiger partial charge in [0.05, 0.1) is 24.4 Å². The summed E-state index contributed by atoms with van der Waals surface area (Å²) in [5.41, 5.74) is 1.07. The van der Waals surface area contributed by atoms with Crippen molar-refractivity contribution in [2.24, 2.45) is 0 Å². The van der Waals surface area contributed by atoms with Crippen molar-refractivity contribution in [3.63, 3.8) is 0 Å². The summed E-state index contributed by atoms with van der Waals surface area (Å²) in [6.07, 6.45) is 1.51. The van der Waals surface area contributed by atoms with Crippen LogP contribution in [0.15, 0.2) is 75.3 Å².